The van der Waals surface area contributed by atoms with Crippen LogP contribution in [0.5, 0.6) is 11.5 Å². The second-order valence-electron chi connectivity index (χ2n) is 9.27. The number of aliphatic hydroxyl groups is 1. The summed E-state index contributed by atoms with van der Waals surface area (Å²) in [5.74, 6) is 0.220. The number of aliphatic hydroxyl groups excluding tert-OH is 1. The Balaban J connectivity index is 2.18. The van der Waals surface area contributed by atoms with Crippen molar-refractivity contribution in [3.8, 4) is 11.5 Å². The van der Waals surface area contributed by atoms with Crippen molar-refractivity contribution in [3.05, 3.63) is 64.2 Å². The van der Waals surface area contributed by atoms with Gasteiger partial charge in [0.2, 0.25) is 0 Å². The van der Waals surface area contributed by atoms with Crippen LogP contribution in [0.25, 0.3) is 5.76 Å². The first-order valence-corrected chi connectivity index (χ1v) is 12.4. The van der Waals surface area contributed by atoms with Crippen molar-refractivity contribution in [2.24, 2.45) is 0 Å². The number of hydrogen-bond donors (Lipinski definition) is 1. The monoisotopic (exact) mass is 479 g/mol. The molecule has 0 spiro atoms. The van der Waals surface area contributed by atoms with Crippen LogP contribution in [0.1, 0.15) is 81.2 Å². The molecule has 1 atom stereocenters. The van der Waals surface area contributed by atoms with Crippen LogP contribution in [-0.2, 0) is 9.59 Å². The molecular formula is C29H37NO5. The normalized spacial score (nSPS) is 17.3. The molecule has 35 heavy (non-hydrogen) atoms. The molecule has 1 saturated heterocycles. The summed E-state index contributed by atoms with van der Waals surface area (Å²) >= 11 is 0. The number of ketones is 1. The van der Waals surface area contributed by atoms with Gasteiger partial charge in [0.05, 0.1) is 25.3 Å². The van der Waals surface area contributed by atoms with E-state index in [-0.39, 0.29) is 17.3 Å². The van der Waals surface area contributed by atoms with Crippen LogP contribution < -0.4 is 9.47 Å². The number of Topliss-reactive ketones (excluding diaryl/α,β-unsaturated/α-hetero) is 1. The van der Waals surface area contributed by atoms with Crippen LogP contribution in [0.4, 0.5) is 0 Å². The number of amides is 1. The lowest BCUT2D eigenvalue weighted by Gasteiger charge is -2.26. The molecule has 2 aromatic carbocycles. The first kappa shape index (κ1) is 26.3. The van der Waals surface area contributed by atoms with E-state index in [4.69, 9.17) is 9.47 Å². The number of rotatable bonds is 10. The maximum absolute atomic E-state index is 13.3. The van der Waals surface area contributed by atoms with Gasteiger partial charge in [-0.2, -0.15) is 0 Å². The molecular weight excluding hydrogens is 442 g/mol. The summed E-state index contributed by atoms with van der Waals surface area (Å²) in [5.41, 5.74) is 3.12. The van der Waals surface area contributed by atoms with Gasteiger partial charge in [-0.15, -0.1) is 0 Å². The molecule has 0 radical (unpaired) electrons. The maximum atomic E-state index is 13.3. The molecule has 188 valence electrons. The number of carbonyl (C=O) groups is 2. The molecule has 3 rings (SSSR count). The number of likely N-dealkylation sites (tertiary alicyclic amines) is 1. The van der Waals surface area contributed by atoms with E-state index in [1.54, 1.807) is 12.0 Å². The van der Waals surface area contributed by atoms with Gasteiger partial charge in [0.1, 0.15) is 17.3 Å². The number of nitrogens with zero attached hydrogens (tertiary/aromatic N) is 1. The van der Waals surface area contributed by atoms with Gasteiger partial charge in [-0.05, 0) is 67.1 Å². The highest BCUT2D eigenvalue weighted by atomic mass is 16.5. The Morgan fingerprint density at radius 2 is 1.77 bits per heavy atom. The molecule has 1 fully saturated rings. The third kappa shape index (κ3) is 5.37. The fourth-order valence-electron chi connectivity index (χ4n) is 4.63. The molecule has 1 aliphatic rings. The largest absolute Gasteiger partial charge is 0.507 e. The summed E-state index contributed by atoms with van der Waals surface area (Å²) in [6.07, 6.45) is 2.74. The number of benzene rings is 2. The van der Waals surface area contributed by atoms with Crippen molar-refractivity contribution < 1.29 is 24.2 Å². The summed E-state index contributed by atoms with van der Waals surface area (Å²) in [5, 5.41) is 11.5. The highest BCUT2D eigenvalue weighted by molar-refractivity contribution is 6.46. The highest BCUT2D eigenvalue weighted by Gasteiger charge is 2.46. The summed E-state index contributed by atoms with van der Waals surface area (Å²) in [6.45, 7) is 11.0. The van der Waals surface area contributed by atoms with E-state index in [0.717, 1.165) is 41.7 Å². The Labute approximate surface area is 208 Å². The molecule has 1 N–H and O–H groups in total. The molecule has 1 amide bonds. The van der Waals surface area contributed by atoms with Crippen LogP contribution in [0, 0.1) is 6.92 Å². The minimum absolute atomic E-state index is 0.124. The van der Waals surface area contributed by atoms with Crippen molar-refractivity contribution in [1.82, 2.24) is 4.90 Å². The first-order chi connectivity index (χ1) is 16.7. The third-order valence-corrected chi connectivity index (χ3v) is 6.50. The van der Waals surface area contributed by atoms with E-state index in [2.05, 4.69) is 6.92 Å². The fraction of sp³-hybridized carbons (Fsp3) is 0.448. The van der Waals surface area contributed by atoms with Gasteiger partial charge < -0.3 is 19.5 Å². The van der Waals surface area contributed by atoms with Crippen molar-refractivity contribution in [3.63, 3.8) is 0 Å². The molecule has 1 heterocycles. The number of hydrogen-bond acceptors (Lipinski definition) is 5. The number of ether oxygens (including phenoxy) is 2. The Morgan fingerprint density at radius 1 is 1.09 bits per heavy atom. The van der Waals surface area contributed by atoms with E-state index >= 15 is 0 Å². The van der Waals surface area contributed by atoms with Gasteiger partial charge in [-0.25, -0.2) is 0 Å². The van der Waals surface area contributed by atoms with E-state index in [1.807, 2.05) is 64.1 Å². The second kappa shape index (κ2) is 11.4. The molecule has 2 aromatic rings. The van der Waals surface area contributed by atoms with Gasteiger partial charge in [0.25, 0.3) is 11.7 Å². The van der Waals surface area contributed by atoms with Crippen molar-refractivity contribution in [2.75, 3.05) is 20.3 Å². The fourth-order valence-corrected chi connectivity index (χ4v) is 4.63. The lowest BCUT2D eigenvalue weighted by atomic mass is 9.91. The van der Waals surface area contributed by atoms with Gasteiger partial charge in [-0.1, -0.05) is 45.7 Å². The van der Waals surface area contributed by atoms with Crippen LogP contribution in [0.15, 0.2) is 42.0 Å². The molecule has 1 aliphatic heterocycles. The number of aryl methyl sites for hydroxylation is 1. The molecule has 6 nitrogen and oxygen atoms in total. The van der Waals surface area contributed by atoms with Crippen LogP contribution >= 0.6 is 0 Å². The van der Waals surface area contributed by atoms with Gasteiger partial charge in [-0.3, -0.25) is 9.59 Å². The van der Waals surface area contributed by atoms with E-state index in [1.165, 1.54) is 0 Å². The highest BCUT2D eigenvalue weighted by Crippen LogP contribution is 2.41. The van der Waals surface area contributed by atoms with Crippen LogP contribution in [0.2, 0.25) is 0 Å². The summed E-state index contributed by atoms with van der Waals surface area (Å²) in [6, 6.07) is 10.5. The van der Waals surface area contributed by atoms with E-state index in [9.17, 15) is 14.7 Å². The van der Waals surface area contributed by atoms with Gasteiger partial charge in [0, 0.05) is 12.1 Å². The lowest BCUT2D eigenvalue weighted by Crippen LogP contribution is -2.30. The van der Waals surface area contributed by atoms with Gasteiger partial charge in [0.15, 0.2) is 0 Å². The second-order valence-corrected chi connectivity index (χ2v) is 9.27. The molecule has 0 bridgehead atoms. The average molecular weight is 480 g/mol. The average Bonchev–Trinajstić information content (AvgIpc) is 3.09. The zero-order valence-corrected chi connectivity index (χ0v) is 21.7. The van der Waals surface area contributed by atoms with Crippen molar-refractivity contribution >= 4 is 17.4 Å². The Hall–Kier alpha value is -3.28. The quantitative estimate of drug-likeness (QED) is 0.192. The Morgan fingerprint density at radius 3 is 2.34 bits per heavy atom. The minimum atomic E-state index is -0.661. The van der Waals surface area contributed by atoms with E-state index < -0.39 is 17.7 Å². The SMILES string of the molecule is CCCCCN1C(=O)C(=O)/C(=C(/O)c2cc(C(C)C)c(OC)cc2C)C1c1ccc(OCC)cc1. The molecule has 0 aromatic heterocycles. The van der Waals surface area contributed by atoms with E-state index in [0.29, 0.717) is 24.5 Å². The minimum Gasteiger partial charge on any atom is -0.507 e. The van der Waals surface area contributed by atoms with Gasteiger partial charge >= 0.3 is 0 Å². The lowest BCUT2D eigenvalue weighted by molar-refractivity contribution is -0.139. The molecule has 0 aliphatic carbocycles. The smallest absolute Gasteiger partial charge is 0.295 e. The number of unbranched alkanes of at least 4 members (excludes halogenated alkanes) is 2. The summed E-state index contributed by atoms with van der Waals surface area (Å²) in [4.78, 5) is 28.1. The predicted molar refractivity (Wildman–Crippen MR) is 138 cm³/mol. The predicted octanol–water partition coefficient (Wildman–Crippen LogP) is 6.14. The summed E-state index contributed by atoms with van der Waals surface area (Å²) in [7, 11) is 1.62. The standard InChI is InChI=1S/C29H37NO5/c1-7-9-10-15-30-26(20-11-13-21(14-12-20)35-8-2)25(28(32)29(30)33)27(31)23-17-22(18(3)4)24(34-6)16-19(23)5/h11-14,16-18,26,31H,7-10,15H2,1-6H3/b27-25+. The summed E-state index contributed by atoms with van der Waals surface area (Å²) < 4.78 is 11.1. The van der Waals surface area contributed by atoms with Crippen LogP contribution in [-0.4, -0.2) is 42.0 Å². The van der Waals surface area contributed by atoms with Crippen molar-refractivity contribution in [2.45, 2.75) is 65.8 Å². The molecule has 0 saturated carbocycles. The molecule has 6 heteroatoms. The zero-order chi connectivity index (χ0) is 25.7. The van der Waals surface area contributed by atoms with Crippen molar-refractivity contribution in [1.29, 1.82) is 0 Å². The Kier molecular flexibility index (Phi) is 8.60. The Bertz CT molecular complexity index is 1100. The zero-order valence-electron chi connectivity index (χ0n) is 21.7. The van der Waals surface area contributed by atoms with Crippen LogP contribution in [0.3, 0.4) is 0 Å². The topological polar surface area (TPSA) is 76.1 Å². The maximum Gasteiger partial charge on any atom is 0.295 e. The number of carbonyl (C=O) groups excluding carboxylic acids is 2. The first-order valence-electron chi connectivity index (χ1n) is 12.4. The molecule has 1 unspecified atom stereocenters. The third-order valence-electron chi connectivity index (χ3n) is 6.50. The number of methoxy groups -OCH3 is 1.